The van der Waals surface area contributed by atoms with Crippen molar-refractivity contribution in [3.05, 3.63) is 133 Å². The van der Waals surface area contributed by atoms with E-state index in [9.17, 15) is 0 Å². The molecule has 4 aromatic carbocycles. The Balaban J connectivity index is 1.52. The average molecular weight is 423 g/mol. The summed E-state index contributed by atoms with van der Waals surface area (Å²) in [6.45, 7) is 0. The number of rotatable bonds is 4. The summed E-state index contributed by atoms with van der Waals surface area (Å²) >= 11 is 0. The molecule has 0 unspecified atom stereocenters. The van der Waals surface area contributed by atoms with Crippen LogP contribution in [-0.2, 0) is 6.42 Å². The second-order valence-electron chi connectivity index (χ2n) is 8.33. The molecular formula is C31H22N2. The number of hydrogen-bond acceptors (Lipinski definition) is 2. The molecule has 0 bridgehead atoms. The highest BCUT2D eigenvalue weighted by molar-refractivity contribution is 5.97. The summed E-state index contributed by atoms with van der Waals surface area (Å²) in [6.07, 6.45) is 4.55. The van der Waals surface area contributed by atoms with E-state index >= 15 is 0 Å². The zero-order chi connectivity index (χ0) is 22.0. The molecule has 2 heteroatoms. The average Bonchev–Trinajstić information content (AvgIpc) is 2.89. The van der Waals surface area contributed by atoms with Gasteiger partial charge >= 0.3 is 0 Å². The van der Waals surface area contributed by atoms with E-state index in [4.69, 9.17) is 0 Å². The first-order chi connectivity index (χ1) is 16.3. The molecule has 0 aliphatic rings. The van der Waals surface area contributed by atoms with E-state index < -0.39 is 0 Å². The van der Waals surface area contributed by atoms with E-state index in [1.807, 2.05) is 36.7 Å². The van der Waals surface area contributed by atoms with E-state index in [2.05, 4.69) is 94.9 Å². The van der Waals surface area contributed by atoms with Gasteiger partial charge in [0, 0.05) is 23.5 Å². The number of fused-ring (bicyclic) bond motifs is 2. The van der Waals surface area contributed by atoms with Crippen molar-refractivity contribution in [3.63, 3.8) is 0 Å². The summed E-state index contributed by atoms with van der Waals surface area (Å²) < 4.78 is 0. The van der Waals surface area contributed by atoms with Crippen molar-refractivity contribution in [2.24, 2.45) is 0 Å². The first-order valence-electron chi connectivity index (χ1n) is 11.2. The Hall–Kier alpha value is -4.30. The van der Waals surface area contributed by atoms with Gasteiger partial charge < -0.3 is 0 Å². The molecule has 0 saturated carbocycles. The highest BCUT2D eigenvalue weighted by Gasteiger charge is 2.11. The first kappa shape index (κ1) is 19.4. The largest absolute Gasteiger partial charge is 0.256 e. The molecule has 6 aromatic rings. The molecule has 0 saturated heterocycles. The maximum atomic E-state index is 4.64. The predicted molar refractivity (Wildman–Crippen MR) is 137 cm³/mol. The Morgan fingerprint density at radius 3 is 1.88 bits per heavy atom. The highest BCUT2D eigenvalue weighted by Crippen LogP contribution is 2.32. The minimum atomic E-state index is 0.839. The van der Waals surface area contributed by atoms with E-state index in [1.54, 1.807) is 0 Å². The van der Waals surface area contributed by atoms with Gasteiger partial charge in [0.25, 0.3) is 0 Å². The fraction of sp³-hybridized carbons (Fsp3) is 0.0323. The van der Waals surface area contributed by atoms with Gasteiger partial charge in [-0.3, -0.25) is 9.97 Å². The Kier molecular flexibility index (Phi) is 4.89. The molecule has 0 atom stereocenters. The third-order valence-corrected chi connectivity index (χ3v) is 6.17. The van der Waals surface area contributed by atoms with Crippen LogP contribution in [0.2, 0.25) is 0 Å². The Morgan fingerprint density at radius 2 is 1.15 bits per heavy atom. The zero-order valence-corrected chi connectivity index (χ0v) is 18.1. The second-order valence-corrected chi connectivity index (χ2v) is 8.33. The van der Waals surface area contributed by atoms with Crippen molar-refractivity contribution >= 4 is 21.5 Å². The number of pyridine rings is 2. The molecule has 6 rings (SSSR count). The van der Waals surface area contributed by atoms with Crippen molar-refractivity contribution in [3.8, 4) is 22.5 Å². The van der Waals surface area contributed by atoms with Crippen molar-refractivity contribution in [2.75, 3.05) is 0 Å². The summed E-state index contributed by atoms with van der Waals surface area (Å²) in [5.41, 5.74) is 6.90. The number of aromatic nitrogens is 2. The molecule has 0 amide bonds. The highest BCUT2D eigenvalue weighted by atomic mass is 14.7. The molecule has 2 nitrogen and oxygen atoms in total. The fourth-order valence-corrected chi connectivity index (χ4v) is 4.65. The lowest BCUT2D eigenvalue weighted by Crippen LogP contribution is -1.95. The van der Waals surface area contributed by atoms with Crippen LogP contribution in [0.3, 0.4) is 0 Å². The Bertz CT molecular complexity index is 1570. The summed E-state index contributed by atoms with van der Waals surface area (Å²) in [5, 5.41) is 4.99. The molecule has 0 aliphatic carbocycles. The minimum absolute atomic E-state index is 0.839. The van der Waals surface area contributed by atoms with Crippen LogP contribution < -0.4 is 0 Å². The topological polar surface area (TPSA) is 25.8 Å². The predicted octanol–water partition coefficient (Wildman–Crippen LogP) is 7.71. The molecule has 2 heterocycles. The van der Waals surface area contributed by atoms with Gasteiger partial charge in [-0.15, -0.1) is 0 Å². The molecule has 156 valence electrons. The third kappa shape index (κ3) is 3.77. The molecule has 0 spiro atoms. The van der Waals surface area contributed by atoms with Crippen LogP contribution in [0.15, 0.2) is 122 Å². The van der Waals surface area contributed by atoms with Gasteiger partial charge in [0.15, 0.2) is 0 Å². The van der Waals surface area contributed by atoms with E-state index in [-0.39, 0.29) is 0 Å². The molecule has 2 aromatic heterocycles. The second kappa shape index (κ2) is 8.33. The lowest BCUT2D eigenvalue weighted by molar-refractivity contribution is 1.21. The van der Waals surface area contributed by atoms with Crippen molar-refractivity contribution in [2.45, 2.75) is 6.42 Å². The lowest BCUT2D eigenvalue weighted by atomic mass is 9.92. The van der Waals surface area contributed by atoms with Gasteiger partial charge in [-0.05, 0) is 81.6 Å². The van der Waals surface area contributed by atoms with Crippen LogP contribution in [0.5, 0.6) is 0 Å². The van der Waals surface area contributed by atoms with Gasteiger partial charge in [0.2, 0.25) is 0 Å². The van der Waals surface area contributed by atoms with Gasteiger partial charge in [-0.25, -0.2) is 0 Å². The lowest BCUT2D eigenvalue weighted by Gasteiger charge is -2.13. The number of hydrogen-bond donors (Lipinski definition) is 0. The normalized spacial score (nSPS) is 11.2. The SMILES string of the molecule is c1ccc(-c2cc(Cc3cc(-c4ccccn4)c4ccccc4c3)c3ccccc3c2)nc1. The summed E-state index contributed by atoms with van der Waals surface area (Å²) in [6, 6.07) is 38.5. The van der Waals surface area contributed by atoms with E-state index in [0.29, 0.717) is 0 Å². The van der Waals surface area contributed by atoms with Crippen LogP contribution in [0.1, 0.15) is 11.1 Å². The summed E-state index contributed by atoms with van der Waals surface area (Å²) in [5.74, 6) is 0. The van der Waals surface area contributed by atoms with Crippen LogP contribution in [0, 0.1) is 0 Å². The van der Waals surface area contributed by atoms with Crippen LogP contribution in [-0.4, -0.2) is 9.97 Å². The summed E-state index contributed by atoms with van der Waals surface area (Å²) in [7, 11) is 0. The van der Waals surface area contributed by atoms with E-state index in [0.717, 1.165) is 23.4 Å². The maximum absolute atomic E-state index is 4.64. The zero-order valence-electron chi connectivity index (χ0n) is 18.1. The van der Waals surface area contributed by atoms with Crippen LogP contribution in [0.4, 0.5) is 0 Å². The number of benzene rings is 4. The quantitative estimate of drug-likeness (QED) is 0.291. The number of nitrogens with zero attached hydrogens (tertiary/aromatic N) is 2. The molecule has 0 aliphatic heterocycles. The standard InChI is InChI=1S/C31H22N2/c1-3-11-27-24(10-1)20-26(30-13-5-7-15-32-30)21-25(27)18-22-17-23-9-2-4-12-28(23)29(19-22)31-14-6-8-16-33-31/h1-17,19-21H,18H2. The molecule has 0 N–H and O–H groups in total. The van der Waals surface area contributed by atoms with Crippen molar-refractivity contribution in [1.82, 2.24) is 9.97 Å². The van der Waals surface area contributed by atoms with Gasteiger partial charge in [0.1, 0.15) is 0 Å². The van der Waals surface area contributed by atoms with Crippen molar-refractivity contribution < 1.29 is 0 Å². The molecule has 0 fully saturated rings. The van der Waals surface area contributed by atoms with Gasteiger partial charge in [0.05, 0.1) is 11.4 Å². The van der Waals surface area contributed by atoms with Crippen molar-refractivity contribution in [1.29, 1.82) is 0 Å². The Labute approximate surface area is 193 Å². The smallest absolute Gasteiger partial charge is 0.0708 e. The van der Waals surface area contributed by atoms with E-state index in [1.165, 1.54) is 38.2 Å². The summed E-state index contributed by atoms with van der Waals surface area (Å²) in [4.78, 5) is 9.23. The van der Waals surface area contributed by atoms with Gasteiger partial charge in [-0.2, -0.15) is 0 Å². The Morgan fingerprint density at radius 1 is 0.515 bits per heavy atom. The van der Waals surface area contributed by atoms with Gasteiger partial charge in [-0.1, -0.05) is 66.7 Å². The molecular weight excluding hydrogens is 400 g/mol. The molecule has 0 radical (unpaired) electrons. The fourth-order valence-electron chi connectivity index (χ4n) is 4.65. The molecule has 33 heavy (non-hydrogen) atoms. The van der Waals surface area contributed by atoms with Crippen LogP contribution in [0.25, 0.3) is 44.1 Å². The first-order valence-corrected chi connectivity index (χ1v) is 11.2. The van der Waals surface area contributed by atoms with Crippen LogP contribution >= 0.6 is 0 Å². The monoisotopic (exact) mass is 422 g/mol. The maximum Gasteiger partial charge on any atom is 0.0708 e. The minimum Gasteiger partial charge on any atom is -0.256 e. The third-order valence-electron chi connectivity index (χ3n) is 6.17.